The number of carboxylic acids is 2. The minimum absolute atomic E-state index is 0.684. The smallest absolute Gasteiger partial charge is 0.335 e. The molecule has 6 N–H and O–H groups in total. The van der Waals surface area contributed by atoms with Gasteiger partial charge in [-0.2, -0.15) is 12.6 Å². The average Bonchev–Trinajstić information content (AvgIpc) is 2.15. The van der Waals surface area contributed by atoms with E-state index < -0.39 is 24.1 Å². The van der Waals surface area contributed by atoms with Crippen LogP contribution in [0.2, 0.25) is 0 Å². The molecule has 0 rings (SSSR count). The van der Waals surface area contributed by atoms with Crippen LogP contribution < -0.4 is 5.73 Å². The van der Waals surface area contributed by atoms with Crippen molar-refractivity contribution in [1.82, 2.24) is 0 Å². The Morgan fingerprint density at radius 1 is 1.14 bits per heavy atom. The number of hydrogen-bond acceptors (Lipinski definition) is 6. The van der Waals surface area contributed by atoms with E-state index in [9.17, 15) is 9.59 Å². The molecule has 0 aliphatic rings. The maximum absolute atomic E-state index is 9.77. The van der Waals surface area contributed by atoms with Crippen molar-refractivity contribution in [2.45, 2.75) is 12.2 Å². The second-order valence-corrected chi connectivity index (χ2v) is 2.53. The normalized spacial score (nSPS) is 13.4. The number of aliphatic carboxylic acids is 2. The lowest BCUT2D eigenvalue weighted by Gasteiger charge is -2.07. The first-order chi connectivity index (χ1) is 6.38. The summed E-state index contributed by atoms with van der Waals surface area (Å²) >= 11 is 3.80. The van der Waals surface area contributed by atoms with Gasteiger partial charge in [-0.15, -0.1) is 0 Å². The first-order valence-electron chi connectivity index (χ1n) is 3.51. The molecule has 0 unspecified atom stereocenters. The zero-order valence-corrected chi connectivity index (χ0v) is 8.09. The molecule has 0 aromatic heterocycles. The van der Waals surface area contributed by atoms with Crippen LogP contribution in [0.25, 0.3) is 0 Å². The zero-order valence-electron chi connectivity index (χ0n) is 7.20. The number of carbonyl (C=O) groups is 2. The number of hydrogen-bond donors (Lipinski definition) is 6. The summed E-state index contributed by atoms with van der Waals surface area (Å²) in [6.07, 6.45) is -4.53. The molecule has 0 saturated heterocycles. The summed E-state index contributed by atoms with van der Waals surface area (Å²) in [6, 6.07) is 0. The third-order valence-electron chi connectivity index (χ3n) is 0.934. The van der Waals surface area contributed by atoms with Crippen molar-refractivity contribution in [3.05, 3.63) is 0 Å². The molecule has 0 fully saturated rings. The van der Waals surface area contributed by atoms with Crippen molar-refractivity contribution >= 4 is 24.6 Å². The van der Waals surface area contributed by atoms with E-state index in [0.29, 0.717) is 6.54 Å². The van der Waals surface area contributed by atoms with Crippen molar-refractivity contribution in [3.63, 3.8) is 0 Å². The topological polar surface area (TPSA) is 141 Å². The average molecular weight is 227 g/mol. The SMILES string of the molecule is NCCS.O=C(O)[C@@H](O)[C@@H](O)C(=O)O. The van der Waals surface area contributed by atoms with Gasteiger partial charge >= 0.3 is 11.9 Å². The number of nitrogens with two attached hydrogens (primary N) is 1. The third-order valence-corrected chi connectivity index (χ3v) is 1.19. The molecule has 0 saturated carbocycles. The molecule has 0 aliphatic heterocycles. The predicted molar refractivity (Wildman–Crippen MR) is 50.2 cm³/mol. The zero-order chi connectivity index (χ0) is 11.7. The minimum atomic E-state index is -2.27. The van der Waals surface area contributed by atoms with Gasteiger partial charge in [-0.3, -0.25) is 0 Å². The number of thiol groups is 1. The minimum Gasteiger partial charge on any atom is -0.479 e. The maximum Gasteiger partial charge on any atom is 0.335 e. The number of aliphatic hydroxyl groups excluding tert-OH is 2. The van der Waals surface area contributed by atoms with Crippen LogP contribution in [0.3, 0.4) is 0 Å². The van der Waals surface area contributed by atoms with Gasteiger partial charge in [-0.05, 0) is 0 Å². The Hall–Kier alpha value is -0.830. The van der Waals surface area contributed by atoms with Gasteiger partial charge in [0.2, 0.25) is 0 Å². The molecule has 0 aromatic carbocycles. The number of carboxylic acid groups (broad SMARTS) is 2. The Morgan fingerprint density at radius 2 is 1.36 bits per heavy atom. The van der Waals surface area contributed by atoms with E-state index in [2.05, 4.69) is 12.6 Å². The molecular formula is C6H13NO6S. The van der Waals surface area contributed by atoms with Gasteiger partial charge in [0.05, 0.1) is 0 Å². The molecule has 8 heteroatoms. The molecule has 14 heavy (non-hydrogen) atoms. The molecule has 84 valence electrons. The highest BCUT2D eigenvalue weighted by atomic mass is 32.1. The summed E-state index contributed by atoms with van der Waals surface area (Å²) < 4.78 is 0. The number of rotatable bonds is 4. The summed E-state index contributed by atoms with van der Waals surface area (Å²) in [7, 11) is 0. The standard InChI is InChI=1S/C4H6O6.C2H7NS/c5-1(3(7)8)2(6)4(9)10;3-1-2-4/h1-2,5-6H,(H,7,8)(H,9,10);4H,1-3H2/t1-,2+;. The molecular weight excluding hydrogens is 214 g/mol. The monoisotopic (exact) mass is 227 g/mol. The lowest BCUT2D eigenvalue weighted by Crippen LogP contribution is -2.39. The van der Waals surface area contributed by atoms with E-state index in [1.54, 1.807) is 0 Å². The fraction of sp³-hybridized carbons (Fsp3) is 0.667. The largest absolute Gasteiger partial charge is 0.479 e. The fourth-order valence-corrected chi connectivity index (χ4v) is 0.270. The van der Waals surface area contributed by atoms with E-state index in [1.807, 2.05) is 0 Å². The highest BCUT2D eigenvalue weighted by Gasteiger charge is 2.29. The van der Waals surface area contributed by atoms with Crippen LogP contribution in [0.15, 0.2) is 0 Å². The Bertz CT molecular complexity index is 167. The summed E-state index contributed by atoms with van der Waals surface area (Å²) in [5.74, 6) is -2.75. The van der Waals surface area contributed by atoms with Gasteiger partial charge in [0.15, 0.2) is 12.2 Å². The second-order valence-electron chi connectivity index (χ2n) is 2.08. The van der Waals surface area contributed by atoms with Crippen LogP contribution >= 0.6 is 12.6 Å². The van der Waals surface area contributed by atoms with Crippen molar-refractivity contribution in [3.8, 4) is 0 Å². The van der Waals surface area contributed by atoms with Crippen molar-refractivity contribution in [1.29, 1.82) is 0 Å². The van der Waals surface area contributed by atoms with Gasteiger partial charge in [0.25, 0.3) is 0 Å². The van der Waals surface area contributed by atoms with E-state index in [0.717, 1.165) is 5.75 Å². The first kappa shape index (κ1) is 15.6. The van der Waals surface area contributed by atoms with Crippen molar-refractivity contribution < 1.29 is 30.0 Å². The molecule has 2 atom stereocenters. The molecule has 0 heterocycles. The highest BCUT2D eigenvalue weighted by Crippen LogP contribution is 1.92. The Labute approximate surface area is 85.6 Å². The van der Waals surface area contributed by atoms with Gasteiger partial charge in [-0.1, -0.05) is 0 Å². The second kappa shape index (κ2) is 8.75. The van der Waals surface area contributed by atoms with Crippen LogP contribution in [0.1, 0.15) is 0 Å². The lowest BCUT2D eigenvalue weighted by atomic mass is 10.2. The van der Waals surface area contributed by atoms with Crippen LogP contribution in [0.4, 0.5) is 0 Å². The Kier molecular flexibility index (Phi) is 9.78. The fourth-order valence-electron chi connectivity index (χ4n) is 0.270. The third kappa shape index (κ3) is 7.80. The summed E-state index contributed by atoms with van der Waals surface area (Å²) in [5.41, 5.74) is 4.95. The molecule has 0 spiro atoms. The van der Waals surface area contributed by atoms with E-state index in [4.69, 9.17) is 26.2 Å². The van der Waals surface area contributed by atoms with Gasteiger partial charge in [0.1, 0.15) is 0 Å². The molecule has 0 radical (unpaired) electrons. The molecule has 0 aromatic rings. The van der Waals surface area contributed by atoms with Crippen molar-refractivity contribution in [2.24, 2.45) is 5.73 Å². The quantitative estimate of drug-likeness (QED) is 0.298. The molecule has 0 bridgehead atoms. The maximum atomic E-state index is 9.77. The first-order valence-corrected chi connectivity index (χ1v) is 4.14. The van der Waals surface area contributed by atoms with Crippen LogP contribution in [-0.4, -0.2) is 56.9 Å². The molecule has 0 aliphatic carbocycles. The molecule has 7 nitrogen and oxygen atoms in total. The lowest BCUT2D eigenvalue weighted by molar-refractivity contribution is -0.165. The van der Waals surface area contributed by atoms with Crippen LogP contribution in [-0.2, 0) is 9.59 Å². The predicted octanol–water partition coefficient (Wildman–Crippen LogP) is -2.25. The molecule has 0 amide bonds. The Balaban J connectivity index is 0. The van der Waals surface area contributed by atoms with Crippen molar-refractivity contribution in [2.75, 3.05) is 12.3 Å². The Morgan fingerprint density at radius 3 is 1.43 bits per heavy atom. The number of aliphatic hydroxyl groups is 2. The summed E-state index contributed by atoms with van der Waals surface area (Å²) in [6.45, 7) is 0.684. The summed E-state index contributed by atoms with van der Waals surface area (Å²) in [5, 5.41) is 32.5. The van der Waals surface area contributed by atoms with Gasteiger partial charge in [0, 0.05) is 12.3 Å². The van der Waals surface area contributed by atoms with Crippen LogP contribution in [0, 0.1) is 0 Å². The van der Waals surface area contributed by atoms with Gasteiger partial charge < -0.3 is 26.2 Å². The summed E-state index contributed by atoms with van der Waals surface area (Å²) in [4.78, 5) is 19.5. The van der Waals surface area contributed by atoms with Gasteiger partial charge in [-0.25, -0.2) is 9.59 Å². The van der Waals surface area contributed by atoms with Crippen LogP contribution in [0.5, 0.6) is 0 Å². The highest BCUT2D eigenvalue weighted by molar-refractivity contribution is 7.80. The van der Waals surface area contributed by atoms with E-state index >= 15 is 0 Å². The van der Waals surface area contributed by atoms with E-state index in [1.165, 1.54) is 0 Å². The van der Waals surface area contributed by atoms with E-state index in [-0.39, 0.29) is 0 Å².